The van der Waals surface area contributed by atoms with Crippen LogP contribution in [0.1, 0.15) is 31.8 Å². The van der Waals surface area contributed by atoms with Crippen molar-refractivity contribution in [3.8, 4) is 5.75 Å². The summed E-state index contributed by atoms with van der Waals surface area (Å²) in [5.74, 6) is -0.636. The van der Waals surface area contributed by atoms with E-state index in [9.17, 15) is 14.7 Å². The van der Waals surface area contributed by atoms with Gasteiger partial charge in [-0.3, -0.25) is 14.6 Å². The van der Waals surface area contributed by atoms with Crippen LogP contribution in [0.15, 0.2) is 65.7 Å². The maximum absolute atomic E-state index is 12.6. The topological polar surface area (TPSA) is 70.0 Å². The average Bonchev–Trinajstić information content (AvgIpc) is 2.94. The summed E-state index contributed by atoms with van der Waals surface area (Å²) in [6.45, 7) is 1.92. The molecule has 1 heterocycles. The van der Waals surface area contributed by atoms with Gasteiger partial charge in [0.1, 0.15) is 5.75 Å². The molecule has 0 aromatic heterocycles. The van der Waals surface area contributed by atoms with Crippen LogP contribution >= 0.6 is 11.6 Å². The van der Waals surface area contributed by atoms with E-state index >= 15 is 0 Å². The number of aryl methyl sites for hydroxylation is 1. The molecule has 1 aliphatic heterocycles. The minimum absolute atomic E-state index is 0.119. The quantitative estimate of drug-likeness (QED) is 0.510. The molecule has 0 spiro atoms. The molecular formula is C22H15ClN2O3. The SMILES string of the molecule is Cc1ccc(O)c(C=Nc2ccc(N3C(=O)c4ccccc4C3=O)cc2Cl)c1. The third-order valence-corrected chi connectivity index (χ3v) is 4.81. The number of amides is 2. The molecule has 4 rings (SSSR count). The van der Waals surface area contributed by atoms with Crippen LogP contribution in [-0.4, -0.2) is 23.1 Å². The number of imide groups is 1. The summed E-state index contributed by atoms with van der Waals surface area (Å²) in [4.78, 5) is 30.6. The normalized spacial score (nSPS) is 13.4. The lowest BCUT2D eigenvalue weighted by molar-refractivity contribution is 0.0926. The van der Waals surface area contributed by atoms with E-state index in [2.05, 4.69) is 4.99 Å². The van der Waals surface area contributed by atoms with Crippen molar-refractivity contribution in [3.63, 3.8) is 0 Å². The van der Waals surface area contributed by atoms with Crippen molar-refractivity contribution in [3.05, 3.63) is 87.9 Å². The first-order valence-corrected chi connectivity index (χ1v) is 8.94. The number of hydrogen-bond donors (Lipinski definition) is 1. The fourth-order valence-electron chi connectivity index (χ4n) is 3.08. The number of phenolic OH excluding ortho intramolecular Hbond substituents is 1. The minimum Gasteiger partial charge on any atom is -0.507 e. The Hall–Kier alpha value is -3.44. The molecule has 0 radical (unpaired) electrons. The summed E-state index contributed by atoms with van der Waals surface area (Å²) in [5, 5.41) is 10.2. The number of carbonyl (C=O) groups is 2. The number of benzene rings is 3. The molecule has 3 aromatic carbocycles. The van der Waals surface area contributed by atoms with Crippen molar-refractivity contribution in [1.82, 2.24) is 0 Å². The molecule has 3 aromatic rings. The lowest BCUT2D eigenvalue weighted by Crippen LogP contribution is -2.29. The fourth-order valence-corrected chi connectivity index (χ4v) is 3.30. The molecule has 2 amide bonds. The van der Waals surface area contributed by atoms with Crippen LogP contribution in [0.5, 0.6) is 5.75 Å². The smallest absolute Gasteiger partial charge is 0.266 e. The van der Waals surface area contributed by atoms with Crippen LogP contribution in [-0.2, 0) is 0 Å². The lowest BCUT2D eigenvalue weighted by atomic mass is 10.1. The maximum atomic E-state index is 12.6. The molecule has 1 aliphatic rings. The zero-order valence-corrected chi connectivity index (χ0v) is 15.6. The van der Waals surface area contributed by atoms with Crippen molar-refractivity contribution in [1.29, 1.82) is 0 Å². The molecule has 138 valence electrons. The molecule has 0 fully saturated rings. The molecule has 5 nitrogen and oxygen atoms in total. The van der Waals surface area contributed by atoms with E-state index in [0.717, 1.165) is 10.5 Å². The van der Waals surface area contributed by atoms with E-state index in [1.54, 1.807) is 54.6 Å². The van der Waals surface area contributed by atoms with Gasteiger partial charge < -0.3 is 5.11 Å². The number of nitrogens with zero attached hydrogens (tertiary/aromatic N) is 2. The monoisotopic (exact) mass is 390 g/mol. The molecule has 0 aliphatic carbocycles. The maximum Gasteiger partial charge on any atom is 0.266 e. The molecule has 0 saturated carbocycles. The second-order valence-electron chi connectivity index (χ2n) is 6.45. The first-order chi connectivity index (χ1) is 13.5. The first-order valence-electron chi connectivity index (χ1n) is 8.57. The van der Waals surface area contributed by atoms with Gasteiger partial charge in [-0.05, 0) is 49.4 Å². The highest BCUT2D eigenvalue weighted by molar-refractivity contribution is 6.36. The Morgan fingerprint density at radius 3 is 2.29 bits per heavy atom. The molecular weight excluding hydrogens is 376 g/mol. The first kappa shape index (κ1) is 17.9. The molecule has 0 atom stereocenters. The Bertz CT molecular complexity index is 1120. The van der Waals surface area contributed by atoms with Gasteiger partial charge in [-0.25, -0.2) is 4.90 Å². The fraction of sp³-hybridized carbons (Fsp3) is 0.0455. The predicted molar refractivity (Wildman–Crippen MR) is 109 cm³/mol. The Balaban J connectivity index is 1.64. The number of aromatic hydroxyl groups is 1. The van der Waals surface area contributed by atoms with Crippen molar-refractivity contribution in [2.45, 2.75) is 6.92 Å². The molecule has 6 heteroatoms. The zero-order chi connectivity index (χ0) is 19.8. The number of phenols is 1. The number of rotatable bonds is 3. The standard InChI is InChI=1S/C22H15ClN2O3/c1-13-6-9-20(26)14(10-13)12-24-19-8-7-15(11-18(19)23)25-21(27)16-4-2-3-5-17(16)22(25)28/h2-12,26H,1H3. The van der Waals surface area contributed by atoms with Crippen LogP contribution in [0.2, 0.25) is 5.02 Å². The minimum atomic E-state index is -0.377. The number of hydrogen-bond acceptors (Lipinski definition) is 4. The van der Waals surface area contributed by atoms with E-state index in [-0.39, 0.29) is 22.6 Å². The van der Waals surface area contributed by atoms with Crippen LogP contribution < -0.4 is 4.90 Å². The molecule has 28 heavy (non-hydrogen) atoms. The number of halogens is 1. The second kappa shape index (κ2) is 6.94. The predicted octanol–water partition coefficient (Wildman–Crippen LogP) is 4.91. The Morgan fingerprint density at radius 1 is 0.964 bits per heavy atom. The highest BCUT2D eigenvalue weighted by Crippen LogP contribution is 2.34. The van der Waals surface area contributed by atoms with Gasteiger partial charge in [0.15, 0.2) is 0 Å². The number of aliphatic imine (C=N–C) groups is 1. The third kappa shape index (κ3) is 3.06. The van der Waals surface area contributed by atoms with Crippen LogP contribution in [0.3, 0.4) is 0 Å². The Labute approximate surface area is 166 Å². The van der Waals surface area contributed by atoms with E-state index in [1.807, 2.05) is 6.92 Å². The van der Waals surface area contributed by atoms with Gasteiger partial charge in [0.2, 0.25) is 0 Å². The van der Waals surface area contributed by atoms with Crippen LogP contribution in [0.25, 0.3) is 0 Å². The summed E-state index contributed by atoms with van der Waals surface area (Å²) in [7, 11) is 0. The highest BCUT2D eigenvalue weighted by Gasteiger charge is 2.36. The van der Waals surface area contributed by atoms with Gasteiger partial charge in [0.05, 0.1) is 27.5 Å². The summed E-state index contributed by atoms with van der Waals surface area (Å²) >= 11 is 6.33. The third-order valence-electron chi connectivity index (χ3n) is 4.51. The lowest BCUT2D eigenvalue weighted by Gasteiger charge is -2.14. The van der Waals surface area contributed by atoms with Crippen LogP contribution in [0.4, 0.5) is 11.4 Å². The van der Waals surface area contributed by atoms with Gasteiger partial charge in [0, 0.05) is 11.8 Å². The van der Waals surface area contributed by atoms with E-state index in [4.69, 9.17) is 11.6 Å². The Morgan fingerprint density at radius 2 is 1.64 bits per heavy atom. The van der Waals surface area contributed by atoms with Crippen molar-refractivity contribution in [2.75, 3.05) is 4.90 Å². The molecule has 0 saturated heterocycles. The summed E-state index contributed by atoms with van der Waals surface area (Å²) in [5.41, 5.74) is 3.16. The van der Waals surface area contributed by atoms with Gasteiger partial charge in [-0.2, -0.15) is 0 Å². The average molecular weight is 391 g/mol. The molecule has 0 bridgehead atoms. The zero-order valence-electron chi connectivity index (χ0n) is 14.9. The number of fused-ring (bicyclic) bond motifs is 1. The number of carbonyl (C=O) groups excluding carboxylic acids is 2. The summed E-state index contributed by atoms with van der Waals surface area (Å²) in [6.07, 6.45) is 1.52. The van der Waals surface area contributed by atoms with E-state index < -0.39 is 0 Å². The van der Waals surface area contributed by atoms with Crippen molar-refractivity contribution >= 4 is 41.0 Å². The molecule has 1 N–H and O–H groups in total. The van der Waals surface area contributed by atoms with E-state index in [0.29, 0.717) is 28.1 Å². The van der Waals surface area contributed by atoms with Crippen molar-refractivity contribution in [2.24, 2.45) is 4.99 Å². The van der Waals surface area contributed by atoms with Gasteiger partial charge in [-0.1, -0.05) is 35.4 Å². The van der Waals surface area contributed by atoms with Gasteiger partial charge >= 0.3 is 0 Å². The van der Waals surface area contributed by atoms with Crippen molar-refractivity contribution < 1.29 is 14.7 Å². The second-order valence-corrected chi connectivity index (χ2v) is 6.85. The van der Waals surface area contributed by atoms with Crippen LogP contribution in [0, 0.1) is 6.92 Å². The van der Waals surface area contributed by atoms with Gasteiger partial charge in [0.25, 0.3) is 11.8 Å². The largest absolute Gasteiger partial charge is 0.507 e. The van der Waals surface area contributed by atoms with Gasteiger partial charge in [-0.15, -0.1) is 0 Å². The summed E-state index contributed by atoms with van der Waals surface area (Å²) < 4.78 is 0. The van der Waals surface area contributed by atoms with E-state index in [1.165, 1.54) is 12.3 Å². The number of anilines is 1. The Kier molecular flexibility index (Phi) is 4.45. The summed E-state index contributed by atoms with van der Waals surface area (Å²) in [6, 6.07) is 16.7. The highest BCUT2D eigenvalue weighted by atomic mass is 35.5. The molecule has 0 unspecified atom stereocenters.